The first-order chi connectivity index (χ1) is 17.1. The molecule has 0 amide bonds. The molecule has 0 radical (unpaired) electrons. The molecular formula is C28H31F2N3O2Si. The monoisotopic (exact) mass is 507 g/mol. The zero-order chi connectivity index (χ0) is 25.9. The Morgan fingerprint density at radius 2 is 1.56 bits per heavy atom. The van der Waals surface area contributed by atoms with Crippen LogP contribution < -0.4 is 16.1 Å². The van der Waals surface area contributed by atoms with Crippen LogP contribution in [0.1, 0.15) is 31.7 Å². The van der Waals surface area contributed by atoms with E-state index in [2.05, 4.69) is 10.1 Å². The van der Waals surface area contributed by atoms with E-state index in [-0.39, 0.29) is 18.7 Å². The molecule has 0 aliphatic rings. The summed E-state index contributed by atoms with van der Waals surface area (Å²) in [5.74, 6) is -0.638. The Kier molecular flexibility index (Phi) is 7.37. The van der Waals surface area contributed by atoms with Gasteiger partial charge in [0.25, 0.3) is 8.32 Å². The van der Waals surface area contributed by atoms with Gasteiger partial charge in [0.15, 0.2) is 0 Å². The number of nitrogens with two attached hydrogens (primary N) is 1. The van der Waals surface area contributed by atoms with Gasteiger partial charge in [-0.05, 0) is 40.4 Å². The molecule has 0 unspecified atom stereocenters. The summed E-state index contributed by atoms with van der Waals surface area (Å²) < 4.78 is 34.1. The summed E-state index contributed by atoms with van der Waals surface area (Å²) in [7, 11) is -3.43. The number of rotatable bonds is 9. The Balaban J connectivity index is 1.63. The first-order valence-corrected chi connectivity index (χ1v) is 13.9. The molecule has 188 valence electrons. The van der Waals surface area contributed by atoms with E-state index in [1.54, 1.807) is 6.07 Å². The van der Waals surface area contributed by atoms with Gasteiger partial charge in [-0.15, -0.1) is 0 Å². The van der Waals surface area contributed by atoms with E-state index in [0.717, 1.165) is 15.9 Å². The lowest BCUT2D eigenvalue weighted by Gasteiger charge is -2.42. The lowest BCUT2D eigenvalue weighted by molar-refractivity contribution is 0.0609. The van der Waals surface area contributed by atoms with Crippen LogP contribution in [0, 0.1) is 12.8 Å². The largest absolute Gasteiger partial charge is 0.424 e. The van der Waals surface area contributed by atoms with Gasteiger partial charge in [-0.3, -0.25) is 0 Å². The van der Waals surface area contributed by atoms with Gasteiger partial charge < -0.3 is 15.1 Å². The summed E-state index contributed by atoms with van der Waals surface area (Å²) in [6.45, 7) is 5.65. The van der Waals surface area contributed by atoms with Gasteiger partial charge in [0, 0.05) is 23.6 Å². The molecule has 1 aromatic heterocycles. The number of nitrogens with zero attached hydrogens (tertiary/aromatic N) is 2. The van der Waals surface area contributed by atoms with Crippen LogP contribution in [0.25, 0.3) is 11.4 Å². The number of hydrogen-bond donors (Lipinski definition) is 2. The molecule has 0 spiro atoms. The third-order valence-corrected chi connectivity index (χ3v) is 11.4. The fraction of sp³-hybridized carbons (Fsp3) is 0.286. The minimum absolute atomic E-state index is 0.0758. The number of halogens is 2. The number of anilines is 1. The Labute approximate surface area is 211 Å². The summed E-state index contributed by atoms with van der Waals surface area (Å²) in [5, 5.41) is 4.72. The lowest BCUT2D eigenvalue weighted by atomic mass is 9.93. The first-order valence-electron chi connectivity index (χ1n) is 11.9. The van der Waals surface area contributed by atoms with Gasteiger partial charge in [-0.2, -0.15) is 4.98 Å². The number of nitrogen functional groups attached to an aromatic ring is 1. The fourth-order valence-corrected chi connectivity index (χ4v) is 8.62. The van der Waals surface area contributed by atoms with E-state index in [4.69, 9.17) is 10.3 Å². The molecule has 5 nitrogen and oxygen atoms in total. The van der Waals surface area contributed by atoms with E-state index >= 15 is 0 Å². The average molecular weight is 508 g/mol. The van der Waals surface area contributed by atoms with Gasteiger partial charge in [-0.1, -0.05) is 91.8 Å². The second-order valence-corrected chi connectivity index (χ2v) is 13.8. The van der Waals surface area contributed by atoms with Crippen molar-refractivity contribution in [3.05, 3.63) is 90.3 Å². The maximum absolute atomic E-state index is 14.4. The second kappa shape index (κ2) is 10.3. The molecule has 4 aromatic rings. The third-order valence-electron chi connectivity index (χ3n) is 6.93. The highest BCUT2D eigenvalue weighted by Crippen LogP contribution is 2.43. The highest BCUT2D eigenvalue weighted by molar-refractivity contribution is 6.98. The van der Waals surface area contributed by atoms with Crippen LogP contribution in [0.5, 0.6) is 0 Å². The van der Waals surface area contributed by atoms with Crippen molar-refractivity contribution < 1.29 is 18.1 Å². The SMILES string of the molecule is Cc1ccc(-c2noc(C[C@H](CC(C)(C)[Si](O)(c3ccccc3)c3ccccc3)C(F)F)n2)cc1N. The predicted molar refractivity (Wildman–Crippen MR) is 141 cm³/mol. The molecule has 1 heterocycles. The summed E-state index contributed by atoms with van der Waals surface area (Å²) in [4.78, 5) is 16.7. The fourth-order valence-electron chi connectivity index (χ4n) is 4.82. The second-order valence-electron chi connectivity index (χ2n) is 9.91. The Morgan fingerprint density at radius 3 is 2.08 bits per heavy atom. The molecule has 8 heteroatoms. The zero-order valence-corrected chi connectivity index (χ0v) is 21.7. The van der Waals surface area contributed by atoms with Crippen molar-refractivity contribution >= 4 is 24.4 Å². The molecule has 0 saturated carbocycles. The maximum Gasteiger partial charge on any atom is 0.258 e. The minimum Gasteiger partial charge on any atom is -0.424 e. The molecule has 0 aliphatic heterocycles. The van der Waals surface area contributed by atoms with Crippen molar-refractivity contribution in [3.63, 3.8) is 0 Å². The highest BCUT2D eigenvalue weighted by atomic mass is 28.4. The molecule has 0 fully saturated rings. The Hall–Kier alpha value is -3.36. The highest BCUT2D eigenvalue weighted by Gasteiger charge is 2.51. The number of aryl methyl sites for hydroxylation is 1. The third kappa shape index (κ3) is 5.10. The summed E-state index contributed by atoms with van der Waals surface area (Å²) in [6, 6.07) is 24.2. The van der Waals surface area contributed by atoms with E-state index in [0.29, 0.717) is 17.1 Å². The van der Waals surface area contributed by atoms with Crippen LogP contribution in [-0.4, -0.2) is 29.7 Å². The van der Waals surface area contributed by atoms with E-state index < -0.39 is 25.7 Å². The number of alkyl halides is 2. The van der Waals surface area contributed by atoms with Crippen LogP contribution in [0.4, 0.5) is 14.5 Å². The molecule has 0 aliphatic carbocycles. The van der Waals surface area contributed by atoms with Crippen LogP contribution in [-0.2, 0) is 6.42 Å². The van der Waals surface area contributed by atoms with Crippen molar-refractivity contribution in [1.82, 2.24) is 10.1 Å². The zero-order valence-electron chi connectivity index (χ0n) is 20.7. The van der Waals surface area contributed by atoms with Crippen molar-refractivity contribution in [2.24, 2.45) is 5.92 Å². The number of benzene rings is 3. The van der Waals surface area contributed by atoms with Gasteiger partial charge >= 0.3 is 0 Å². The van der Waals surface area contributed by atoms with Crippen LogP contribution in [0.3, 0.4) is 0 Å². The maximum atomic E-state index is 14.4. The summed E-state index contributed by atoms with van der Waals surface area (Å²) >= 11 is 0. The van der Waals surface area contributed by atoms with Gasteiger partial charge in [0.1, 0.15) is 0 Å². The summed E-state index contributed by atoms with van der Waals surface area (Å²) in [5.41, 5.74) is 8.17. The Bertz CT molecular complexity index is 1260. The van der Waals surface area contributed by atoms with Gasteiger partial charge in [0.05, 0.1) is 0 Å². The van der Waals surface area contributed by atoms with Crippen LogP contribution in [0.2, 0.25) is 5.04 Å². The van der Waals surface area contributed by atoms with Crippen molar-refractivity contribution in [2.75, 3.05) is 5.73 Å². The van der Waals surface area contributed by atoms with Crippen molar-refractivity contribution in [3.8, 4) is 11.4 Å². The molecule has 0 bridgehead atoms. The number of hydrogen-bond acceptors (Lipinski definition) is 5. The normalized spacial score (nSPS) is 13.2. The lowest BCUT2D eigenvalue weighted by Crippen LogP contribution is -2.65. The van der Waals surface area contributed by atoms with Crippen LogP contribution >= 0.6 is 0 Å². The smallest absolute Gasteiger partial charge is 0.258 e. The minimum atomic E-state index is -3.43. The molecule has 1 atom stereocenters. The molecule has 0 saturated heterocycles. The molecule has 3 aromatic carbocycles. The molecule has 4 rings (SSSR count). The number of aromatic nitrogens is 2. The van der Waals surface area contributed by atoms with Gasteiger partial charge in [0.2, 0.25) is 18.1 Å². The van der Waals surface area contributed by atoms with E-state index in [1.807, 2.05) is 93.6 Å². The van der Waals surface area contributed by atoms with Crippen molar-refractivity contribution in [1.29, 1.82) is 0 Å². The average Bonchev–Trinajstić information content (AvgIpc) is 3.34. The standard InChI is InChI=1S/C28H31F2N3O2Si/c1-19-14-15-20(16-24(19)31)27-32-25(35-33-27)17-21(26(29)30)18-28(2,3)36(34,22-10-6-4-7-11-22)23-12-8-5-9-13-23/h4-16,21,26,34H,17-18,31H2,1-3H3/t21-/m1/s1. The predicted octanol–water partition coefficient (Wildman–Crippen LogP) is 4.97. The molecule has 3 N–H and O–H groups in total. The van der Waals surface area contributed by atoms with Crippen molar-refractivity contribution in [2.45, 2.75) is 45.1 Å². The molecular weight excluding hydrogens is 476 g/mol. The van der Waals surface area contributed by atoms with E-state index in [1.165, 1.54) is 0 Å². The quantitative estimate of drug-likeness (QED) is 0.247. The molecule has 36 heavy (non-hydrogen) atoms. The Morgan fingerprint density at radius 1 is 0.972 bits per heavy atom. The van der Waals surface area contributed by atoms with Crippen LogP contribution in [0.15, 0.2) is 83.4 Å². The summed E-state index contributed by atoms with van der Waals surface area (Å²) in [6.07, 6.45) is -2.64. The van der Waals surface area contributed by atoms with Gasteiger partial charge in [-0.25, -0.2) is 8.78 Å². The van der Waals surface area contributed by atoms with E-state index in [9.17, 15) is 13.6 Å². The topological polar surface area (TPSA) is 85.2 Å². The first kappa shape index (κ1) is 25.7.